The number of thioether (sulfide) groups is 1. The van der Waals surface area contributed by atoms with Gasteiger partial charge in [-0.3, -0.25) is 14.9 Å². The van der Waals surface area contributed by atoms with E-state index in [2.05, 4.69) is 0 Å². The average Bonchev–Trinajstić information content (AvgIpc) is 2.39. The Morgan fingerprint density at radius 1 is 1.29 bits per heavy atom. The van der Waals surface area contributed by atoms with Crippen LogP contribution in [0.5, 0.6) is 0 Å². The number of rotatable bonds is 5. The molecule has 0 saturated carbocycles. The highest BCUT2D eigenvalue weighted by molar-refractivity contribution is 8.00. The van der Waals surface area contributed by atoms with Gasteiger partial charge < -0.3 is 10.5 Å². The van der Waals surface area contributed by atoms with E-state index in [0.717, 1.165) is 10.5 Å². The third-order valence-electron chi connectivity index (χ3n) is 2.76. The van der Waals surface area contributed by atoms with Crippen LogP contribution in [-0.4, -0.2) is 29.8 Å². The molecule has 3 amide bonds. The maximum atomic E-state index is 11.6. The van der Waals surface area contributed by atoms with Crippen LogP contribution in [-0.2, 0) is 14.3 Å². The second-order valence-electron chi connectivity index (χ2n) is 4.52. The van der Waals surface area contributed by atoms with Crippen LogP contribution in [0.4, 0.5) is 4.79 Å². The Morgan fingerprint density at radius 2 is 1.95 bits per heavy atom. The lowest BCUT2D eigenvalue weighted by Crippen LogP contribution is -2.42. The first-order valence-electron chi connectivity index (χ1n) is 6.29. The van der Waals surface area contributed by atoms with Gasteiger partial charge >= 0.3 is 12.0 Å². The summed E-state index contributed by atoms with van der Waals surface area (Å²) in [7, 11) is 0. The Bertz CT molecular complexity index is 560. The number of benzene rings is 1. The van der Waals surface area contributed by atoms with Crippen molar-refractivity contribution in [3.05, 3.63) is 29.3 Å². The van der Waals surface area contributed by atoms with Gasteiger partial charge in [0.25, 0.3) is 5.91 Å². The van der Waals surface area contributed by atoms with Crippen LogP contribution in [0.15, 0.2) is 23.1 Å². The van der Waals surface area contributed by atoms with Crippen LogP contribution < -0.4 is 11.1 Å². The number of nitrogens with one attached hydrogen (secondary N) is 1. The number of amides is 3. The van der Waals surface area contributed by atoms with Gasteiger partial charge in [-0.25, -0.2) is 4.79 Å². The Kier molecular flexibility index (Phi) is 6.23. The molecule has 114 valence electrons. The smallest absolute Gasteiger partial charge is 0.318 e. The lowest BCUT2D eigenvalue weighted by Gasteiger charge is -2.12. The number of hydrogen-bond acceptors (Lipinski definition) is 5. The molecule has 0 aliphatic rings. The minimum Gasteiger partial charge on any atom is -0.452 e. The van der Waals surface area contributed by atoms with E-state index in [1.54, 1.807) is 0 Å². The van der Waals surface area contributed by atoms with E-state index in [0.29, 0.717) is 0 Å². The molecule has 0 aliphatic heterocycles. The van der Waals surface area contributed by atoms with E-state index in [1.807, 2.05) is 37.4 Å². The molecule has 0 aliphatic carbocycles. The van der Waals surface area contributed by atoms with Gasteiger partial charge in [0.1, 0.15) is 0 Å². The Morgan fingerprint density at radius 3 is 2.52 bits per heavy atom. The van der Waals surface area contributed by atoms with Crippen LogP contribution in [0.25, 0.3) is 0 Å². The number of imide groups is 1. The first kappa shape index (κ1) is 17.0. The van der Waals surface area contributed by atoms with Gasteiger partial charge in [0, 0.05) is 4.90 Å². The highest BCUT2D eigenvalue weighted by Gasteiger charge is 2.18. The first-order valence-corrected chi connectivity index (χ1v) is 7.28. The molecule has 0 heterocycles. The largest absolute Gasteiger partial charge is 0.452 e. The normalized spacial score (nSPS) is 11.6. The zero-order chi connectivity index (χ0) is 16.0. The summed E-state index contributed by atoms with van der Waals surface area (Å²) in [5, 5.41) is 1.85. The van der Waals surface area contributed by atoms with E-state index in [4.69, 9.17) is 10.5 Å². The summed E-state index contributed by atoms with van der Waals surface area (Å²) in [6.45, 7) is 5.38. The van der Waals surface area contributed by atoms with Crippen LogP contribution in [0.3, 0.4) is 0 Å². The van der Waals surface area contributed by atoms with Gasteiger partial charge in [-0.1, -0.05) is 6.07 Å². The summed E-state index contributed by atoms with van der Waals surface area (Å²) in [6, 6.07) is 4.90. The Hall–Kier alpha value is -2.02. The number of nitrogens with two attached hydrogens (primary N) is 1. The van der Waals surface area contributed by atoms with Gasteiger partial charge in [-0.05, 0) is 44.0 Å². The fourth-order valence-corrected chi connectivity index (χ4v) is 2.23. The van der Waals surface area contributed by atoms with Gasteiger partial charge in [0.2, 0.25) is 0 Å². The number of urea groups is 1. The minimum absolute atomic E-state index is 0.0801. The molecular formula is C14H18N2O4S. The van der Waals surface area contributed by atoms with E-state index >= 15 is 0 Å². The lowest BCUT2D eigenvalue weighted by atomic mass is 10.1. The van der Waals surface area contributed by atoms with E-state index in [1.165, 1.54) is 24.2 Å². The molecule has 1 aromatic carbocycles. The van der Waals surface area contributed by atoms with Crippen molar-refractivity contribution < 1.29 is 19.1 Å². The zero-order valence-electron chi connectivity index (χ0n) is 12.1. The van der Waals surface area contributed by atoms with Gasteiger partial charge in [0.15, 0.2) is 6.10 Å². The van der Waals surface area contributed by atoms with Crippen molar-refractivity contribution in [1.82, 2.24) is 5.32 Å². The molecule has 1 atom stereocenters. The van der Waals surface area contributed by atoms with Crippen LogP contribution >= 0.6 is 11.8 Å². The molecular weight excluding hydrogens is 292 g/mol. The number of esters is 1. The predicted molar refractivity (Wildman–Crippen MR) is 79.9 cm³/mol. The molecule has 0 aromatic heterocycles. The fourth-order valence-electron chi connectivity index (χ4n) is 1.45. The lowest BCUT2D eigenvalue weighted by molar-refractivity contribution is -0.151. The maximum absolute atomic E-state index is 11.6. The topological polar surface area (TPSA) is 98.5 Å². The predicted octanol–water partition coefficient (Wildman–Crippen LogP) is 1.52. The van der Waals surface area contributed by atoms with E-state index < -0.39 is 24.0 Å². The number of carbonyl (C=O) groups is 3. The summed E-state index contributed by atoms with van der Waals surface area (Å²) >= 11 is 1.32. The van der Waals surface area contributed by atoms with Gasteiger partial charge in [-0.2, -0.15) is 0 Å². The molecule has 1 rings (SSSR count). The van der Waals surface area contributed by atoms with E-state index in [-0.39, 0.29) is 5.75 Å². The van der Waals surface area contributed by atoms with Gasteiger partial charge in [-0.15, -0.1) is 11.8 Å². The third kappa shape index (κ3) is 5.86. The summed E-state index contributed by atoms with van der Waals surface area (Å²) in [6.07, 6.45) is -1.06. The van der Waals surface area contributed by atoms with Crippen molar-refractivity contribution in [2.24, 2.45) is 5.73 Å². The van der Waals surface area contributed by atoms with Crippen molar-refractivity contribution in [3.8, 4) is 0 Å². The summed E-state index contributed by atoms with van der Waals surface area (Å²) in [5.74, 6) is -1.20. The molecule has 7 heteroatoms. The number of carbonyl (C=O) groups excluding carboxylic acids is 3. The molecule has 0 bridgehead atoms. The van der Waals surface area contributed by atoms with Crippen molar-refractivity contribution in [2.75, 3.05) is 5.75 Å². The Balaban J connectivity index is 2.45. The molecule has 0 unspecified atom stereocenters. The molecule has 0 saturated heterocycles. The standard InChI is InChI=1S/C14H18N2O4S/c1-8-4-5-11(6-9(8)2)21-7-12(17)20-10(3)13(18)16-14(15)19/h4-6,10H,7H2,1-3H3,(H3,15,16,18,19)/t10-/m0/s1. The van der Waals surface area contributed by atoms with E-state index in [9.17, 15) is 14.4 Å². The highest BCUT2D eigenvalue weighted by Crippen LogP contribution is 2.21. The third-order valence-corrected chi connectivity index (χ3v) is 3.73. The second-order valence-corrected chi connectivity index (χ2v) is 5.57. The van der Waals surface area contributed by atoms with Crippen molar-refractivity contribution in [1.29, 1.82) is 0 Å². The maximum Gasteiger partial charge on any atom is 0.318 e. The second kappa shape index (κ2) is 7.68. The number of primary amides is 1. The molecule has 1 aromatic rings. The molecule has 0 radical (unpaired) electrons. The fraction of sp³-hybridized carbons (Fsp3) is 0.357. The van der Waals surface area contributed by atoms with Crippen LogP contribution in [0.2, 0.25) is 0 Å². The quantitative estimate of drug-likeness (QED) is 0.634. The minimum atomic E-state index is -1.06. The SMILES string of the molecule is Cc1ccc(SCC(=O)O[C@@H](C)C(=O)NC(N)=O)cc1C. The summed E-state index contributed by atoms with van der Waals surface area (Å²) in [5.41, 5.74) is 7.13. The Labute approximate surface area is 127 Å². The summed E-state index contributed by atoms with van der Waals surface area (Å²) < 4.78 is 4.91. The monoisotopic (exact) mass is 310 g/mol. The number of ether oxygens (including phenoxy) is 1. The van der Waals surface area contributed by atoms with Crippen molar-refractivity contribution in [3.63, 3.8) is 0 Å². The zero-order valence-corrected chi connectivity index (χ0v) is 13.0. The molecule has 3 N–H and O–H groups in total. The number of hydrogen-bond donors (Lipinski definition) is 2. The van der Waals surface area contributed by atoms with Gasteiger partial charge in [0.05, 0.1) is 5.75 Å². The van der Waals surface area contributed by atoms with Crippen LogP contribution in [0.1, 0.15) is 18.1 Å². The average molecular weight is 310 g/mol. The highest BCUT2D eigenvalue weighted by atomic mass is 32.2. The molecule has 0 spiro atoms. The van der Waals surface area contributed by atoms with Crippen LogP contribution in [0, 0.1) is 13.8 Å². The summed E-state index contributed by atoms with van der Waals surface area (Å²) in [4.78, 5) is 34.4. The number of aryl methyl sites for hydroxylation is 2. The molecule has 21 heavy (non-hydrogen) atoms. The first-order chi connectivity index (χ1) is 9.79. The molecule has 0 fully saturated rings. The van der Waals surface area contributed by atoms with Crippen molar-refractivity contribution >= 4 is 29.7 Å². The van der Waals surface area contributed by atoms with Crippen molar-refractivity contribution in [2.45, 2.75) is 31.8 Å². The molecule has 6 nitrogen and oxygen atoms in total.